The number of rotatable bonds is 7. The molecule has 3 aromatic carbocycles. The molecular formula is C25H27BrN2O3S. The minimum atomic E-state index is -3.92. The van der Waals surface area contributed by atoms with Crippen molar-refractivity contribution in [3.8, 4) is 0 Å². The number of anilines is 1. The van der Waals surface area contributed by atoms with Gasteiger partial charge >= 0.3 is 0 Å². The molecule has 0 saturated heterocycles. The highest BCUT2D eigenvalue weighted by Crippen LogP contribution is 2.27. The zero-order valence-electron chi connectivity index (χ0n) is 18.6. The number of hydrogen-bond donors (Lipinski definition) is 1. The monoisotopic (exact) mass is 514 g/mol. The maximum atomic E-state index is 13.7. The number of hydrogen-bond acceptors (Lipinski definition) is 3. The molecule has 0 fully saturated rings. The van der Waals surface area contributed by atoms with E-state index in [0.717, 1.165) is 21.2 Å². The lowest BCUT2D eigenvalue weighted by atomic mass is 10.1. The fourth-order valence-electron chi connectivity index (χ4n) is 3.74. The summed E-state index contributed by atoms with van der Waals surface area (Å²) in [6, 6.07) is 18.6. The Hall–Kier alpha value is -2.48. The second-order valence-electron chi connectivity index (χ2n) is 8.01. The molecule has 0 radical (unpaired) electrons. The minimum absolute atomic E-state index is 0.0960. The number of nitrogens with zero attached hydrogens (tertiary/aromatic N) is 1. The van der Waals surface area contributed by atoms with E-state index < -0.39 is 15.9 Å². The largest absolute Gasteiger partial charge is 0.324 e. The number of amides is 1. The van der Waals surface area contributed by atoms with Gasteiger partial charge in [-0.25, -0.2) is 8.42 Å². The van der Waals surface area contributed by atoms with Crippen LogP contribution in [0, 0.1) is 27.7 Å². The molecule has 0 bridgehead atoms. The first-order chi connectivity index (χ1) is 15.1. The van der Waals surface area contributed by atoms with Crippen LogP contribution < -0.4 is 5.32 Å². The lowest BCUT2D eigenvalue weighted by Crippen LogP contribution is -2.38. The van der Waals surface area contributed by atoms with Gasteiger partial charge in [-0.15, -0.1) is 0 Å². The molecule has 0 spiro atoms. The number of aryl methyl sites for hydroxylation is 4. The maximum absolute atomic E-state index is 13.7. The Morgan fingerprint density at radius 2 is 1.50 bits per heavy atom. The third-order valence-corrected chi connectivity index (χ3v) is 7.94. The summed E-state index contributed by atoms with van der Waals surface area (Å²) in [4.78, 5) is 13.1. The maximum Gasteiger partial charge on any atom is 0.244 e. The topological polar surface area (TPSA) is 66.5 Å². The number of sulfonamides is 1. The lowest BCUT2D eigenvalue weighted by Gasteiger charge is -2.24. The van der Waals surface area contributed by atoms with Gasteiger partial charge in [-0.2, -0.15) is 4.31 Å². The molecule has 3 rings (SSSR count). The molecule has 32 heavy (non-hydrogen) atoms. The number of para-hydroxylation sites is 1. The molecule has 0 unspecified atom stereocenters. The van der Waals surface area contributed by atoms with E-state index in [9.17, 15) is 13.2 Å². The van der Waals surface area contributed by atoms with E-state index >= 15 is 0 Å². The van der Waals surface area contributed by atoms with E-state index in [-0.39, 0.29) is 18.0 Å². The van der Waals surface area contributed by atoms with Crippen molar-refractivity contribution in [2.24, 2.45) is 0 Å². The second-order valence-corrected chi connectivity index (χ2v) is 10.7. The molecule has 3 aromatic rings. The first-order valence-electron chi connectivity index (χ1n) is 10.3. The third-order valence-electron chi connectivity index (χ3n) is 5.15. The summed E-state index contributed by atoms with van der Waals surface area (Å²) >= 11 is 3.41. The fourth-order valence-corrected chi connectivity index (χ4v) is 5.92. The first kappa shape index (κ1) is 24.2. The summed E-state index contributed by atoms with van der Waals surface area (Å²) in [7, 11) is -3.92. The minimum Gasteiger partial charge on any atom is -0.324 e. The van der Waals surface area contributed by atoms with Gasteiger partial charge in [-0.05, 0) is 72.4 Å². The van der Waals surface area contributed by atoms with Gasteiger partial charge in [0.1, 0.15) is 0 Å². The van der Waals surface area contributed by atoms with Gasteiger partial charge in [0.15, 0.2) is 0 Å². The standard InChI is InChI=1S/C25H27BrN2O3S/c1-17-9-11-21(12-10-17)15-28(16-24(29)27-23-8-6-5-7-22(23)26)32(30,31)25-19(3)13-18(2)14-20(25)4/h5-14H,15-16H2,1-4H3,(H,27,29). The normalized spacial score (nSPS) is 11.6. The second kappa shape index (κ2) is 9.98. The zero-order valence-corrected chi connectivity index (χ0v) is 21.0. The zero-order chi connectivity index (χ0) is 23.5. The summed E-state index contributed by atoms with van der Waals surface area (Å²) in [5.74, 6) is -0.407. The number of carbonyl (C=O) groups excluding carboxylic acids is 1. The van der Waals surface area contributed by atoms with E-state index in [2.05, 4.69) is 21.2 Å². The SMILES string of the molecule is Cc1ccc(CN(CC(=O)Nc2ccccc2Br)S(=O)(=O)c2c(C)cc(C)cc2C)cc1. The average molecular weight is 515 g/mol. The van der Waals surface area contributed by atoms with Gasteiger partial charge in [0.2, 0.25) is 15.9 Å². The number of benzene rings is 3. The predicted octanol–water partition coefficient (Wildman–Crippen LogP) is 5.51. The molecule has 1 amide bonds. The van der Waals surface area contributed by atoms with Crippen molar-refractivity contribution in [2.75, 3.05) is 11.9 Å². The van der Waals surface area contributed by atoms with Crippen LogP contribution in [0.25, 0.3) is 0 Å². The molecule has 0 heterocycles. The van der Waals surface area contributed by atoms with Gasteiger partial charge in [0, 0.05) is 11.0 Å². The summed E-state index contributed by atoms with van der Waals surface area (Å²) in [5, 5.41) is 2.81. The molecule has 5 nitrogen and oxygen atoms in total. The van der Waals surface area contributed by atoms with Crippen LogP contribution in [0.5, 0.6) is 0 Å². The van der Waals surface area contributed by atoms with E-state index in [4.69, 9.17) is 0 Å². The van der Waals surface area contributed by atoms with Gasteiger partial charge in [-0.3, -0.25) is 4.79 Å². The van der Waals surface area contributed by atoms with Crippen LogP contribution in [0.1, 0.15) is 27.8 Å². The summed E-state index contributed by atoms with van der Waals surface area (Å²) < 4.78 is 29.5. The molecule has 0 aliphatic carbocycles. The quantitative estimate of drug-likeness (QED) is 0.451. The van der Waals surface area contributed by atoms with E-state index in [1.165, 1.54) is 4.31 Å². The Kier molecular flexibility index (Phi) is 7.54. The smallest absolute Gasteiger partial charge is 0.244 e. The molecule has 1 N–H and O–H groups in total. The molecule has 168 valence electrons. The third kappa shape index (κ3) is 5.65. The van der Waals surface area contributed by atoms with Crippen LogP contribution in [0.4, 0.5) is 5.69 Å². The Morgan fingerprint density at radius 3 is 2.09 bits per heavy atom. The van der Waals surface area contributed by atoms with Gasteiger partial charge in [0.05, 0.1) is 17.1 Å². The van der Waals surface area contributed by atoms with Crippen molar-refractivity contribution in [3.05, 3.63) is 93.0 Å². The van der Waals surface area contributed by atoms with Crippen LogP contribution in [0.2, 0.25) is 0 Å². The summed E-state index contributed by atoms with van der Waals surface area (Å²) in [6.07, 6.45) is 0. The van der Waals surface area contributed by atoms with Gasteiger partial charge in [0.25, 0.3) is 0 Å². The van der Waals surface area contributed by atoms with Crippen LogP contribution in [0.15, 0.2) is 70.0 Å². The molecule has 0 aromatic heterocycles. The number of nitrogens with one attached hydrogen (secondary N) is 1. The Labute approximate surface area is 198 Å². The van der Waals surface area contributed by atoms with Crippen molar-refractivity contribution >= 4 is 37.5 Å². The van der Waals surface area contributed by atoms with Crippen molar-refractivity contribution < 1.29 is 13.2 Å². The van der Waals surface area contributed by atoms with Crippen LogP contribution >= 0.6 is 15.9 Å². The van der Waals surface area contributed by atoms with Crippen LogP contribution in [-0.4, -0.2) is 25.2 Å². The Bertz CT molecular complexity index is 1220. The van der Waals surface area contributed by atoms with Gasteiger partial charge in [-0.1, -0.05) is 59.7 Å². The number of halogens is 1. The predicted molar refractivity (Wildman–Crippen MR) is 132 cm³/mol. The van der Waals surface area contributed by atoms with Crippen molar-refractivity contribution in [1.82, 2.24) is 4.31 Å². The van der Waals surface area contributed by atoms with Crippen molar-refractivity contribution in [3.63, 3.8) is 0 Å². The van der Waals surface area contributed by atoms with E-state index in [1.807, 2.05) is 62.4 Å². The Morgan fingerprint density at radius 1 is 0.906 bits per heavy atom. The summed E-state index contributed by atoms with van der Waals surface area (Å²) in [5.41, 5.74) is 4.82. The first-order valence-corrected chi connectivity index (χ1v) is 12.5. The van der Waals surface area contributed by atoms with E-state index in [1.54, 1.807) is 26.0 Å². The Balaban J connectivity index is 1.97. The molecular weight excluding hydrogens is 488 g/mol. The molecule has 0 aliphatic rings. The molecule has 0 aliphatic heterocycles. The number of carbonyl (C=O) groups is 1. The fraction of sp³-hybridized carbons (Fsp3) is 0.240. The highest BCUT2D eigenvalue weighted by molar-refractivity contribution is 9.10. The van der Waals surface area contributed by atoms with E-state index in [0.29, 0.717) is 16.8 Å². The van der Waals surface area contributed by atoms with Crippen molar-refractivity contribution in [2.45, 2.75) is 39.1 Å². The average Bonchev–Trinajstić information content (AvgIpc) is 2.70. The lowest BCUT2D eigenvalue weighted by molar-refractivity contribution is -0.116. The van der Waals surface area contributed by atoms with Gasteiger partial charge < -0.3 is 5.32 Å². The van der Waals surface area contributed by atoms with Crippen molar-refractivity contribution in [1.29, 1.82) is 0 Å². The highest BCUT2D eigenvalue weighted by Gasteiger charge is 2.30. The highest BCUT2D eigenvalue weighted by atomic mass is 79.9. The molecule has 0 atom stereocenters. The van der Waals surface area contributed by atoms with Crippen LogP contribution in [-0.2, 0) is 21.4 Å². The summed E-state index contributed by atoms with van der Waals surface area (Å²) in [6.45, 7) is 7.29. The molecule has 7 heteroatoms. The van der Waals surface area contributed by atoms with Crippen LogP contribution in [0.3, 0.4) is 0 Å². The molecule has 0 saturated carbocycles.